The van der Waals surface area contributed by atoms with E-state index in [1.54, 1.807) is 18.2 Å². The minimum atomic E-state index is -0.664. The van der Waals surface area contributed by atoms with Crippen molar-refractivity contribution in [1.29, 1.82) is 0 Å². The molecular formula is C21H23FN2O5. The third kappa shape index (κ3) is 5.07. The molecule has 1 fully saturated rings. The first-order chi connectivity index (χ1) is 14.0. The highest BCUT2D eigenvalue weighted by atomic mass is 19.1. The van der Waals surface area contributed by atoms with Gasteiger partial charge in [-0.3, -0.25) is 24.1 Å². The molecule has 1 N–H and O–H groups in total. The molecule has 3 amide bonds. The van der Waals surface area contributed by atoms with Crippen molar-refractivity contribution in [2.45, 2.75) is 25.7 Å². The van der Waals surface area contributed by atoms with Gasteiger partial charge in [0, 0.05) is 13.1 Å². The summed E-state index contributed by atoms with van der Waals surface area (Å²) in [6, 6.07) is 6.28. The molecule has 7 nitrogen and oxygen atoms in total. The number of allylic oxidation sites excluding steroid dienone is 2. The molecule has 2 atom stereocenters. The number of likely N-dealkylation sites (tertiary alicyclic amines) is 1. The van der Waals surface area contributed by atoms with Crippen LogP contribution >= 0.6 is 0 Å². The highest BCUT2D eigenvalue weighted by Crippen LogP contribution is 2.34. The van der Waals surface area contributed by atoms with Crippen molar-refractivity contribution >= 4 is 23.7 Å². The van der Waals surface area contributed by atoms with Crippen LogP contribution in [0.2, 0.25) is 0 Å². The first-order valence-electron chi connectivity index (χ1n) is 9.63. The number of nitrogens with zero attached hydrogens (tertiary/aromatic N) is 1. The normalized spacial score (nSPS) is 20.5. The van der Waals surface area contributed by atoms with Crippen LogP contribution in [0.25, 0.3) is 0 Å². The second-order valence-corrected chi connectivity index (χ2v) is 7.09. The average molecular weight is 402 g/mol. The van der Waals surface area contributed by atoms with E-state index in [9.17, 15) is 23.6 Å². The number of halogens is 1. The highest BCUT2D eigenvalue weighted by molar-refractivity contribution is 6.05. The summed E-state index contributed by atoms with van der Waals surface area (Å²) in [5, 5.41) is 2.55. The molecule has 0 radical (unpaired) electrons. The molecule has 8 heteroatoms. The number of esters is 1. The molecule has 0 spiro atoms. The van der Waals surface area contributed by atoms with Crippen molar-refractivity contribution in [1.82, 2.24) is 10.2 Å². The number of imide groups is 1. The van der Waals surface area contributed by atoms with Crippen LogP contribution in [0.15, 0.2) is 36.4 Å². The summed E-state index contributed by atoms with van der Waals surface area (Å²) in [6.45, 7) is -0.295. The summed E-state index contributed by atoms with van der Waals surface area (Å²) in [5.41, 5.74) is 0.487. The number of fused-ring (bicyclic) bond motifs is 1. The standard InChI is InChI=1S/C21H23FN2O5/c22-17-8-4-1-5-14(17)9-11-23-18(25)13-29-19(26)10-12-24-20(27)15-6-2-3-7-16(15)21(24)28/h1-5,8,15-16H,6-7,9-13H2,(H,23,25)/t15-,16-/m1/s1. The Balaban J connectivity index is 1.35. The zero-order chi connectivity index (χ0) is 20.8. The first kappa shape index (κ1) is 20.7. The molecule has 3 rings (SSSR count). The van der Waals surface area contributed by atoms with E-state index in [0.29, 0.717) is 24.8 Å². The van der Waals surface area contributed by atoms with Gasteiger partial charge in [-0.1, -0.05) is 30.4 Å². The maximum atomic E-state index is 13.5. The third-order valence-corrected chi connectivity index (χ3v) is 5.18. The molecule has 0 aromatic heterocycles. The van der Waals surface area contributed by atoms with Gasteiger partial charge in [0.05, 0.1) is 18.3 Å². The molecular weight excluding hydrogens is 379 g/mol. The Morgan fingerprint density at radius 2 is 1.76 bits per heavy atom. The van der Waals surface area contributed by atoms with Crippen LogP contribution in [0.3, 0.4) is 0 Å². The molecule has 29 heavy (non-hydrogen) atoms. The van der Waals surface area contributed by atoms with Crippen LogP contribution in [0.5, 0.6) is 0 Å². The second-order valence-electron chi connectivity index (χ2n) is 7.09. The molecule has 154 valence electrons. The fourth-order valence-electron chi connectivity index (χ4n) is 3.60. The van der Waals surface area contributed by atoms with Crippen molar-refractivity contribution in [3.8, 4) is 0 Å². The second kappa shape index (κ2) is 9.45. The fraction of sp³-hybridized carbons (Fsp3) is 0.429. The molecule has 0 unspecified atom stereocenters. The van der Waals surface area contributed by atoms with E-state index >= 15 is 0 Å². The maximum Gasteiger partial charge on any atom is 0.308 e. The first-order valence-corrected chi connectivity index (χ1v) is 9.63. The lowest BCUT2D eigenvalue weighted by Crippen LogP contribution is -2.34. The maximum absolute atomic E-state index is 13.5. The average Bonchev–Trinajstić information content (AvgIpc) is 2.97. The van der Waals surface area contributed by atoms with Crippen LogP contribution in [-0.2, 0) is 30.3 Å². The van der Waals surface area contributed by atoms with E-state index in [2.05, 4.69) is 5.32 Å². The van der Waals surface area contributed by atoms with E-state index in [-0.39, 0.29) is 49.0 Å². The SMILES string of the molecule is O=C(COC(=O)CCN1C(=O)[C@@H]2CC=CC[C@H]2C1=O)NCCc1ccccc1F. The Labute approximate surface area is 167 Å². The third-order valence-electron chi connectivity index (χ3n) is 5.18. The van der Waals surface area contributed by atoms with Gasteiger partial charge in [0.2, 0.25) is 11.8 Å². The van der Waals surface area contributed by atoms with Crippen LogP contribution in [0.4, 0.5) is 4.39 Å². The van der Waals surface area contributed by atoms with E-state index in [1.807, 2.05) is 12.2 Å². The van der Waals surface area contributed by atoms with Gasteiger partial charge >= 0.3 is 5.97 Å². The van der Waals surface area contributed by atoms with Gasteiger partial charge in [0.1, 0.15) is 5.82 Å². The fourth-order valence-corrected chi connectivity index (χ4v) is 3.60. The molecule has 1 aliphatic carbocycles. The number of ether oxygens (including phenoxy) is 1. The summed E-state index contributed by atoms with van der Waals surface area (Å²) < 4.78 is 18.4. The number of carbonyl (C=O) groups excluding carboxylic acids is 4. The minimum absolute atomic E-state index is 0.0433. The van der Waals surface area contributed by atoms with Gasteiger partial charge in [0.15, 0.2) is 6.61 Å². The summed E-state index contributed by atoms with van der Waals surface area (Å²) in [4.78, 5) is 49.4. The van der Waals surface area contributed by atoms with Gasteiger partial charge in [-0.05, 0) is 30.9 Å². The number of nitrogens with one attached hydrogen (secondary N) is 1. The van der Waals surface area contributed by atoms with Crippen LogP contribution in [-0.4, -0.2) is 48.3 Å². The number of amides is 3. The molecule has 1 saturated heterocycles. The Morgan fingerprint density at radius 1 is 1.10 bits per heavy atom. The zero-order valence-electron chi connectivity index (χ0n) is 15.9. The lowest BCUT2D eigenvalue weighted by molar-refractivity contribution is -0.149. The monoisotopic (exact) mass is 402 g/mol. The number of hydrogen-bond acceptors (Lipinski definition) is 5. The molecule has 1 aromatic rings. The van der Waals surface area contributed by atoms with Gasteiger partial charge in [-0.2, -0.15) is 0 Å². The Morgan fingerprint density at radius 3 is 2.41 bits per heavy atom. The summed E-state index contributed by atoms with van der Waals surface area (Å²) in [6.07, 6.45) is 5.05. The van der Waals surface area contributed by atoms with Crippen molar-refractivity contribution in [2.24, 2.45) is 11.8 Å². The van der Waals surface area contributed by atoms with E-state index < -0.39 is 18.5 Å². The summed E-state index contributed by atoms with van der Waals surface area (Å²) >= 11 is 0. The Bertz CT molecular complexity index is 812. The minimum Gasteiger partial charge on any atom is -0.456 e. The summed E-state index contributed by atoms with van der Waals surface area (Å²) in [5.74, 6) is -2.66. The van der Waals surface area contributed by atoms with E-state index in [4.69, 9.17) is 4.74 Å². The van der Waals surface area contributed by atoms with Crippen LogP contribution in [0.1, 0.15) is 24.8 Å². The van der Waals surface area contributed by atoms with E-state index in [1.165, 1.54) is 6.07 Å². The van der Waals surface area contributed by atoms with Crippen LogP contribution in [0, 0.1) is 17.7 Å². The smallest absolute Gasteiger partial charge is 0.308 e. The molecule has 0 bridgehead atoms. The lowest BCUT2D eigenvalue weighted by Gasteiger charge is -2.14. The number of carbonyl (C=O) groups is 4. The number of hydrogen-bond donors (Lipinski definition) is 1. The van der Waals surface area contributed by atoms with Gasteiger partial charge in [-0.15, -0.1) is 0 Å². The van der Waals surface area contributed by atoms with Gasteiger partial charge in [-0.25, -0.2) is 4.39 Å². The predicted molar refractivity (Wildman–Crippen MR) is 101 cm³/mol. The van der Waals surface area contributed by atoms with Crippen molar-refractivity contribution in [2.75, 3.05) is 19.7 Å². The Kier molecular flexibility index (Phi) is 6.74. The highest BCUT2D eigenvalue weighted by Gasteiger charge is 2.46. The van der Waals surface area contributed by atoms with Crippen molar-refractivity contribution < 1.29 is 28.3 Å². The molecule has 1 aliphatic heterocycles. The molecule has 1 heterocycles. The quantitative estimate of drug-likeness (QED) is 0.403. The number of rotatable bonds is 8. The van der Waals surface area contributed by atoms with Crippen LogP contribution < -0.4 is 5.32 Å². The zero-order valence-corrected chi connectivity index (χ0v) is 15.9. The van der Waals surface area contributed by atoms with Crippen molar-refractivity contribution in [3.63, 3.8) is 0 Å². The lowest BCUT2D eigenvalue weighted by atomic mass is 9.85. The topological polar surface area (TPSA) is 92.8 Å². The predicted octanol–water partition coefficient (Wildman–Crippen LogP) is 1.37. The molecule has 2 aliphatic rings. The molecule has 1 aromatic carbocycles. The Hall–Kier alpha value is -3.03. The number of benzene rings is 1. The van der Waals surface area contributed by atoms with Gasteiger partial charge < -0.3 is 10.1 Å². The summed E-state index contributed by atoms with van der Waals surface area (Å²) in [7, 11) is 0. The van der Waals surface area contributed by atoms with E-state index in [0.717, 1.165) is 4.90 Å². The molecule has 0 saturated carbocycles. The largest absolute Gasteiger partial charge is 0.456 e. The van der Waals surface area contributed by atoms with Crippen molar-refractivity contribution in [3.05, 3.63) is 47.8 Å². The van der Waals surface area contributed by atoms with Gasteiger partial charge in [0.25, 0.3) is 5.91 Å².